The lowest BCUT2D eigenvalue weighted by molar-refractivity contribution is 0.0551. The molecular formula is C13H19NO2. The quantitative estimate of drug-likeness (QED) is 0.790. The van der Waals surface area contributed by atoms with Gasteiger partial charge in [0.2, 0.25) is 0 Å². The number of nitrogens with zero attached hydrogens (tertiary/aromatic N) is 1. The van der Waals surface area contributed by atoms with Gasteiger partial charge in [0.25, 0.3) is 0 Å². The second-order valence-corrected chi connectivity index (χ2v) is 4.59. The summed E-state index contributed by atoms with van der Waals surface area (Å²) in [5.74, 6) is 0. The third kappa shape index (κ3) is 2.61. The van der Waals surface area contributed by atoms with E-state index in [9.17, 15) is 5.11 Å². The summed E-state index contributed by atoms with van der Waals surface area (Å²) in [6.45, 7) is 4.36. The Bertz CT molecular complexity index is 365. The molecule has 0 fully saturated rings. The van der Waals surface area contributed by atoms with E-state index in [0.717, 1.165) is 19.5 Å². The number of hydrogen-bond acceptors (Lipinski definition) is 3. The molecule has 0 bridgehead atoms. The number of β-amino-alcohol motifs (C(OH)–C–C–N with tert-alkyl or cyclic N) is 1. The van der Waals surface area contributed by atoms with Crippen molar-refractivity contribution in [3.63, 3.8) is 0 Å². The van der Waals surface area contributed by atoms with E-state index in [2.05, 4.69) is 30.0 Å². The fourth-order valence-corrected chi connectivity index (χ4v) is 2.25. The highest BCUT2D eigenvalue weighted by molar-refractivity contribution is 5.33. The molecule has 0 saturated heterocycles. The van der Waals surface area contributed by atoms with Crippen molar-refractivity contribution < 1.29 is 10.2 Å². The summed E-state index contributed by atoms with van der Waals surface area (Å²) >= 11 is 0. The summed E-state index contributed by atoms with van der Waals surface area (Å²) in [6, 6.07) is 6.54. The molecule has 88 valence electrons. The van der Waals surface area contributed by atoms with E-state index < -0.39 is 6.10 Å². The van der Waals surface area contributed by atoms with Crippen molar-refractivity contribution in [2.75, 3.05) is 19.7 Å². The van der Waals surface area contributed by atoms with E-state index in [1.165, 1.54) is 16.7 Å². The first-order valence-corrected chi connectivity index (χ1v) is 5.78. The molecular weight excluding hydrogens is 202 g/mol. The molecule has 1 aliphatic heterocycles. The number of aliphatic hydroxyl groups is 2. The number of hydrogen-bond donors (Lipinski definition) is 2. The molecule has 0 radical (unpaired) electrons. The molecule has 1 heterocycles. The predicted molar refractivity (Wildman–Crippen MR) is 63.3 cm³/mol. The Kier molecular flexibility index (Phi) is 3.59. The largest absolute Gasteiger partial charge is 0.394 e. The zero-order valence-corrected chi connectivity index (χ0v) is 9.69. The maximum absolute atomic E-state index is 9.41. The Hall–Kier alpha value is -0.900. The van der Waals surface area contributed by atoms with Crippen LogP contribution in [0.1, 0.15) is 16.7 Å². The highest BCUT2D eigenvalue weighted by Gasteiger charge is 2.18. The average molecular weight is 221 g/mol. The summed E-state index contributed by atoms with van der Waals surface area (Å²) < 4.78 is 0. The minimum Gasteiger partial charge on any atom is -0.394 e. The molecule has 0 spiro atoms. The smallest absolute Gasteiger partial charge is 0.0897 e. The average Bonchev–Trinajstić information content (AvgIpc) is 2.29. The molecule has 16 heavy (non-hydrogen) atoms. The molecule has 0 aromatic heterocycles. The van der Waals surface area contributed by atoms with Gasteiger partial charge in [-0.3, -0.25) is 4.90 Å². The Balaban J connectivity index is 2.03. The van der Waals surface area contributed by atoms with Crippen LogP contribution in [-0.2, 0) is 13.0 Å². The van der Waals surface area contributed by atoms with Crippen molar-refractivity contribution in [2.45, 2.75) is 26.0 Å². The monoisotopic (exact) mass is 221 g/mol. The number of fused-ring (bicyclic) bond motifs is 1. The van der Waals surface area contributed by atoms with Crippen molar-refractivity contribution in [1.29, 1.82) is 0 Å². The van der Waals surface area contributed by atoms with Gasteiger partial charge in [-0.05, 0) is 24.5 Å². The third-order valence-corrected chi connectivity index (χ3v) is 3.13. The summed E-state index contributed by atoms with van der Waals surface area (Å²) in [6.07, 6.45) is 0.418. The van der Waals surface area contributed by atoms with Crippen LogP contribution in [0.25, 0.3) is 0 Å². The van der Waals surface area contributed by atoms with Gasteiger partial charge in [-0.15, -0.1) is 0 Å². The number of aliphatic hydroxyl groups excluding tert-OH is 2. The van der Waals surface area contributed by atoms with E-state index in [1.807, 2.05) is 0 Å². The summed E-state index contributed by atoms with van der Waals surface area (Å²) in [5, 5.41) is 18.2. The van der Waals surface area contributed by atoms with Crippen LogP contribution >= 0.6 is 0 Å². The van der Waals surface area contributed by atoms with E-state index in [0.29, 0.717) is 6.54 Å². The van der Waals surface area contributed by atoms with E-state index in [1.54, 1.807) is 0 Å². The molecule has 1 atom stereocenters. The molecule has 2 N–H and O–H groups in total. The van der Waals surface area contributed by atoms with Gasteiger partial charge < -0.3 is 10.2 Å². The molecule has 1 aromatic carbocycles. The van der Waals surface area contributed by atoms with E-state index in [4.69, 9.17) is 5.11 Å². The van der Waals surface area contributed by atoms with Gasteiger partial charge >= 0.3 is 0 Å². The second kappa shape index (κ2) is 4.95. The van der Waals surface area contributed by atoms with Crippen LogP contribution in [0.4, 0.5) is 0 Å². The first kappa shape index (κ1) is 11.6. The summed E-state index contributed by atoms with van der Waals surface area (Å²) in [5.41, 5.74) is 4.08. The zero-order valence-electron chi connectivity index (χ0n) is 9.69. The topological polar surface area (TPSA) is 43.7 Å². The summed E-state index contributed by atoms with van der Waals surface area (Å²) in [7, 11) is 0. The van der Waals surface area contributed by atoms with Gasteiger partial charge in [-0.25, -0.2) is 0 Å². The lowest BCUT2D eigenvalue weighted by Crippen LogP contribution is -2.37. The van der Waals surface area contributed by atoms with E-state index in [-0.39, 0.29) is 6.61 Å². The second-order valence-electron chi connectivity index (χ2n) is 4.59. The van der Waals surface area contributed by atoms with Crippen LogP contribution in [-0.4, -0.2) is 40.9 Å². The maximum Gasteiger partial charge on any atom is 0.0897 e. The fourth-order valence-electron chi connectivity index (χ4n) is 2.25. The highest BCUT2D eigenvalue weighted by atomic mass is 16.3. The van der Waals surface area contributed by atoms with Crippen molar-refractivity contribution in [3.05, 3.63) is 34.9 Å². The Morgan fingerprint density at radius 3 is 2.94 bits per heavy atom. The molecule has 0 amide bonds. The predicted octanol–water partition coefficient (Wildman–Crippen LogP) is 0.706. The Labute approximate surface area is 96.3 Å². The van der Waals surface area contributed by atoms with Gasteiger partial charge in [0, 0.05) is 19.6 Å². The van der Waals surface area contributed by atoms with Crippen LogP contribution in [0.2, 0.25) is 0 Å². The lowest BCUT2D eigenvalue weighted by atomic mass is 9.97. The molecule has 1 aliphatic rings. The number of aryl methyl sites for hydroxylation is 1. The Morgan fingerprint density at radius 1 is 1.38 bits per heavy atom. The van der Waals surface area contributed by atoms with Gasteiger partial charge in [0.05, 0.1) is 12.7 Å². The maximum atomic E-state index is 9.41. The minimum atomic E-state index is -0.619. The SMILES string of the molecule is Cc1ccc2c(c1)CCN(CC(O)CO)C2. The van der Waals surface area contributed by atoms with Gasteiger partial charge in [0.15, 0.2) is 0 Å². The van der Waals surface area contributed by atoms with Crippen LogP contribution in [0.5, 0.6) is 0 Å². The third-order valence-electron chi connectivity index (χ3n) is 3.13. The Morgan fingerprint density at radius 2 is 2.19 bits per heavy atom. The molecule has 0 aliphatic carbocycles. The zero-order chi connectivity index (χ0) is 11.5. The molecule has 1 aromatic rings. The van der Waals surface area contributed by atoms with Crippen molar-refractivity contribution in [2.24, 2.45) is 0 Å². The van der Waals surface area contributed by atoms with Crippen molar-refractivity contribution in [3.8, 4) is 0 Å². The lowest BCUT2D eigenvalue weighted by Gasteiger charge is -2.30. The summed E-state index contributed by atoms with van der Waals surface area (Å²) in [4.78, 5) is 2.19. The van der Waals surface area contributed by atoms with Crippen molar-refractivity contribution >= 4 is 0 Å². The molecule has 1 unspecified atom stereocenters. The van der Waals surface area contributed by atoms with E-state index >= 15 is 0 Å². The highest BCUT2D eigenvalue weighted by Crippen LogP contribution is 2.20. The molecule has 0 saturated carbocycles. The number of rotatable bonds is 3. The fraction of sp³-hybridized carbons (Fsp3) is 0.538. The van der Waals surface area contributed by atoms with Gasteiger partial charge in [0.1, 0.15) is 0 Å². The molecule has 3 heteroatoms. The van der Waals surface area contributed by atoms with Crippen LogP contribution in [0.15, 0.2) is 18.2 Å². The first-order valence-electron chi connectivity index (χ1n) is 5.78. The van der Waals surface area contributed by atoms with Gasteiger partial charge in [-0.2, -0.15) is 0 Å². The van der Waals surface area contributed by atoms with Crippen molar-refractivity contribution in [1.82, 2.24) is 4.90 Å². The molecule has 3 nitrogen and oxygen atoms in total. The van der Waals surface area contributed by atoms with Gasteiger partial charge in [-0.1, -0.05) is 23.8 Å². The normalized spacial score (nSPS) is 18.2. The first-order chi connectivity index (χ1) is 7.69. The standard InChI is InChI=1S/C13H19NO2/c1-10-2-3-12-7-14(8-13(16)9-15)5-4-11(12)6-10/h2-3,6,13,15-16H,4-5,7-9H2,1H3. The van der Waals surface area contributed by atoms with Crippen LogP contribution in [0.3, 0.4) is 0 Å². The molecule has 2 rings (SSSR count). The minimum absolute atomic E-state index is 0.156. The number of benzene rings is 1. The van der Waals surface area contributed by atoms with Crippen LogP contribution < -0.4 is 0 Å². The van der Waals surface area contributed by atoms with Crippen LogP contribution in [0, 0.1) is 6.92 Å².